The standard InChI is InChI=1S/C15H28N2O2/c1-3-5-13-15(18)17(14(16-13)6-4-2)11-12-7-9-19-10-8-12/h12-14,16H,3-11H2,1-2H3. The molecule has 0 radical (unpaired) electrons. The number of carbonyl (C=O) groups is 1. The molecule has 2 rings (SSSR count). The second-order valence-corrected chi connectivity index (χ2v) is 5.86. The van der Waals surface area contributed by atoms with Gasteiger partial charge >= 0.3 is 0 Å². The topological polar surface area (TPSA) is 41.6 Å². The fourth-order valence-corrected chi connectivity index (χ4v) is 3.18. The highest BCUT2D eigenvalue weighted by Crippen LogP contribution is 2.23. The van der Waals surface area contributed by atoms with Crippen molar-refractivity contribution in [3.05, 3.63) is 0 Å². The molecule has 4 heteroatoms. The number of carbonyl (C=O) groups excluding carboxylic acids is 1. The minimum atomic E-state index is 0.0568. The minimum Gasteiger partial charge on any atom is -0.381 e. The number of hydrogen-bond donors (Lipinski definition) is 1. The molecule has 0 spiro atoms. The summed E-state index contributed by atoms with van der Waals surface area (Å²) in [5.74, 6) is 0.950. The Morgan fingerprint density at radius 2 is 1.89 bits per heavy atom. The van der Waals surface area contributed by atoms with Gasteiger partial charge in [-0.2, -0.15) is 0 Å². The van der Waals surface area contributed by atoms with Gasteiger partial charge in [0.1, 0.15) is 0 Å². The number of nitrogens with one attached hydrogen (secondary N) is 1. The van der Waals surface area contributed by atoms with Crippen LogP contribution in [0.3, 0.4) is 0 Å². The highest BCUT2D eigenvalue weighted by atomic mass is 16.5. The number of ether oxygens (including phenoxy) is 1. The highest BCUT2D eigenvalue weighted by Gasteiger charge is 2.38. The van der Waals surface area contributed by atoms with Gasteiger partial charge in [0.15, 0.2) is 0 Å². The third-order valence-electron chi connectivity index (χ3n) is 4.29. The van der Waals surface area contributed by atoms with E-state index in [4.69, 9.17) is 4.74 Å². The zero-order valence-corrected chi connectivity index (χ0v) is 12.4. The molecule has 110 valence electrons. The molecule has 0 bridgehead atoms. The zero-order chi connectivity index (χ0) is 13.7. The first-order valence-corrected chi connectivity index (χ1v) is 7.90. The van der Waals surface area contributed by atoms with Crippen molar-refractivity contribution in [3.8, 4) is 0 Å². The van der Waals surface area contributed by atoms with Gasteiger partial charge in [-0.25, -0.2) is 0 Å². The summed E-state index contributed by atoms with van der Waals surface area (Å²) in [5.41, 5.74) is 0. The Labute approximate surface area is 116 Å². The van der Waals surface area contributed by atoms with Crippen molar-refractivity contribution in [1.29, 1.82) is 0 Å². The molecular formula is C15H28N2O2. The quantitative estimate of drug-likeness (QED) is 0.802. The summed E-state index contributed by atoms with van der Waals surface area (Å²) in [4.78, 5) is 14.6. The highest BCUT2D eigenvalue weighted by molar-refractivity contribution is 5.84. The van der Waals surface area contributed by atoms with E-state index in [1.807, 2.05) is 0 Å². The molecule has 0 aromatic carbocycles. The van der Waals surface area contributed by atoms with Gasteiger partial charge in [-0.05, 0) is 31.6 Å². The Morgan fingerprint density at radius 1 is 1.21 bits per heavy atom. The van der Waals surface area contributed by atoms with E-state index < -0.39 is 0 Å². The second kappa shape index (κ2) is 7.25. The molecule has 2 atom stereocenters. The molecule has 0 aromatic heterocycles. The van der Waals surface area contributed by atoms with Gasteiger partial charge in [-0.1, -0.05) is 26.7 Å². The Kier molecular flexibility index (Phi) is 5.64. The van der Waals surface area contributed by atoms with Crippen LogP contribution in [0.4, 0.5) is 0 Å². The molecule has 1 N–H and O–H groups in total. The lowest BCUT2D eigenvalue weighted by atomic mass is 9.99. The predicted molar refractivity (Wildman–Crippen MR) is 75.8 cm³/mol. The smallest absolute Gasteiger partial charge is 0.241 e. The summed E-state index contributed by atoms with van der Waals surface area (Å²) < 4.78 is 5.41. The van der Waals surface area contributed by atoms with Gasteiger partial charge in [0.25, 0.3) is 0 Å². The maximum atomic E-state index is 12.5. The lowest BCUT2D eigenvalue weighted by molar-refractivity contribution is -0.131. The fraction of sp³-hybridized carbons (Fsp3) is 0.933. The van der Waals surface area contributed by atoms with Crippen LogP contribution in [-0.4, -0.2) is 42.8 Å². The van der Waals surface area contributed by atoms with E-state index in [1.165, 1.54) is 0 Å². The normalized spacial score (nSPS) is 29.2. The van der Waals surface area contributed by atoms with Gasteiger partial charge in [-0.15, -0.1) is 0 Å². The maximum Gasteiger partial charge on any atom is 0.241 e. The van der Waals surface area contributed by atoms with Crippen molar-refractivity contribution in [3.63, 3.8) is 0 Å². The van der Waals surface area contributed by atoms with E-state index in [1.54, 1.807) is 0 Å². The minimum absolute atomic E-state index is 0.0568. The van der Waals surface area contributed by atoms with Gasteiger partial charge < -0.3 is 9.64 Å². The van der Waals surface area contributed by atoms with Crippen molar-refractivity contribution in [2.24, 2.45) is 5.92 Å². The van der Waals surface area contributed by atoms with Crippen molar-refractivity contribution >= 4 is 5.91 Å². The van der Waals surface area contributed by atoms with Crippen LogP contribution in [0, 0.1) is 5.92 Å². The third kappa shape index (κ3) is 3.69. The number of amides is 1. The first-order chi connectivity index (χ1) is 9.26. The molecular weight excluding hydrogens is 240 g/mol. The Morgan fingerprint density at radius 3 is 2.53 bits per heavy atom. The van der Waals surface area contributed by atoms with E-state index in [0.717, 1.165) is 58.3 Å². The molecule has 2 aliphatic rings. The van der Waals surface area contributed by atoms with Crippen LogP contribution in [0.25, 0.3) is 0 Å². The van der Waals surface area contributed by atoms with Crippen LogP contribution in [0.15, 0.2) is 0 Å². The van der Waals surface area contributed by atoms with E-state index in [2.05, 4.69) is 24.1 Å². The Hall–Kier alpha value is -0.610. The van der Waals surface area contributed by atoms with Gasteiger partial charge in [-0.3, -0.25) is 10.1 Å². The summed E-state index contributed by atoms with van der Waals surface area (Å²) in [6.07, 6.45) is 6.67. The lowest BCUT2D eigenvalue weighted by Crippen LogP contribution is -2.41. The molecule has 4 nitrogen and oxygen atoms in total. The summed E-state index contributed by atoms with van der Waals surface area (Å²) in [6, 6.07) is 0.0568. The summed E-state index contributed by atoms with van der Waals surface area (Å²) in [6.45, 7) is 6.96. The number of nitrogens with zero attached hydrogens (tertiary/aromatic N) is 1. The van der Waals surface area contributed by atoms with E-state index >= 15 is 0 Å². The lowest BCUT2D eigenvalue weighted by Gasteiger charge is -2.30. The van der Waals surface area contributed by atoms with Gasteiger partial charge in [0.2, 0.25) is 5.91 Å². The summed E-state index contributed by atoms with van der Waals surface area (Å²) in [5, 5.41) is 3.53. The van der Waals surface area contributed by atoms with Crippen molar-refractivity contribution in [1.82, 2.24) is 10.2 Å². The molecule has 2 saturated heterocycles. The third-order valence-corrected chi connectivity index (χ3v) is 4.29. The number of rotatable bonds is 6. The fourth-order valence-electron chi connectivity index (χ4n) is 3.18. The molecule has 2 heterocycles. The van der Waals surface area contributed by atoms with Crippen LogP contribution in [0.2, 0.25) is 0 Å². The van der Waals surface area contributed by atoms with Crippen LogP contribution in [-0.2, 0) is 9.53 Å². The van der Waals surface area contributed by atoms with E-state index in [-0.39, 0.29) is 12.2 Å². The summed E-state index contributed by atoms with van der Waals surface area (Å²) in [7, 11) is 0. The van der Waals surface area contributed by atoms with Crippen LogP contribution in [0.1, 0.15) is 52.4 Å². The Bertz CT molecular complexity index is 290. The molecule has 0 aliphatic carbocycles. The largest absolute Gasteiger partial charge is 0.381 e. The molecule has 0 saturated carbocycles. The molecule has 1 amide bonds. The number of hydrogen-bond acceptors (Lipinski definition) is 3. The van der Waals surface area contributed by atoms with Crippen LogP contribution in [0.5, 0.6) is 0 Å². The summed E-state index contributed by atoms with van der Waals surface area (Å²) >= 11 is 0. The first-order valence-electron chi connectivity index (χ1n) is 7.90. The van der Waals surface area contributed by atoms with Gasteiger partial charge in [0, 0.05) is 19.8 Å². The SMILES string of the molecule is CCCC1NC(CCC)N(CC2CCOCC2)C1=O. The maximum absolute atomic E-state index is 12.5. The van der Waals surface area contributed by atoms with E-state index in [0.29, 0.717) is 11.8 Å². The molecule has 2 fully saturated rings. The molecule has 0 aromatic rings. The molecule has 2 unspecified atom stereocenters. The first kappa shape index (κ1) is 14.8. The van der Waals surface area contributed by atoms with Crippen LogP contribution < -0.4 is 5.32 Å². The zero-order valence-electron chi connectivity index (χ0n) is 12.4. The average molecular weight is 268 g/mol. The molecule has 19 heavy (non-hydrogen) atoms. The van der Waals surface area contributed by atoms with E-state index in [9.17, 15) is 4.79 Å². The predicted octanol–water partition coefficient (Wildman–Crippen LogP) is 2.14. The van der Waals surface area contributed by atoms with Gasteiger partial charge in [0.05, 0.1) is 12.2 Å². The Balaban J connectivity index is 1.95. The second-order valence-electron chi connectivity index (χ2n) is 5.86. The van der Waals surface area contributed by atoms with Crippen molar-refractivity contribution in [2.45, 2.75) is 64.6 Å². The average Bonchev–Trinajstić information content (AvgIpc) is 2.70. The van der Waals surface area contributed by atoms with Crippen molar-refractivity contribution in [2.75, 3.05) is 19.8 Å². The molecule has 2 aliphatic heterocycles. The van der Waals surface area contributed by atoms with Crippen molar-refractivity contribution < 1.29 is 9.53 Å². The monoisotopic (exact) mass is 268 g/mol. The van der Waals surface area contributed by atoms with Crippen LogP contribution >= 0.6 is 0 Å².